The Morgan fingerprint density at radius 1 is 1.09 bits per heavy atom. The van der Waals surface area contributed by atoms with E-state index in [9.17, 15) is 0 Å². The van der Waals surface area contributed by atoms with Crippen LogP contribution in [-0.2, 0) is 7.05 Å². The summed E-state index contributed by atoms with van der Waals surface area (Å²) in [4.78, 5) is 8.85. The van der Waals surface area contributed by atoms with Crippen molar-refractivity contribution in [1.82, 2.24) is 19.7 Å². The molecule has 0 aliphatic rings. The first-order valence-electron chi connectivity index (χ1n) is 7.27. The Hall–Kier alpha value is -2.73. The minimum atomic E-state index is 0.796. The number of hydrogen-bond donors (Lipinski definition) is 1. The van der Waals surface area contributed by atoms with E-state index < -0.39 is 0 Å². The lowest BCUT2D eigenvalue weighted by molar-refractivity contribution is 0.743. The average molecular weight is 321 g/mol. The minimum absolute atomic E-state index is 0.796. The second-order valence-corrected chi connectivity index (χ2v) is 6.26. The van der Waals surface area contributed by atoms with Gasteiger partial charge in [-0.15, -0.1) is 11.3 Å². The van der Waals surface area contributed by atoms with Crippen molar-refractivity contribution < 1.29 is 0 Å². The van der Waals surface area contributed by atoms with Crippen LogP contribution in [0.1, 0.15) is 5.69 Å². The van der Waals surface area contributed by atoms with Crippen LogP contribution in [0.5, 0.6) is 0 Å². The molecule has 0 unspecified atom stereocenters. The lowest BCUT2D eigenvalue weighted by atomic mass is 10.1. The molecule has 0 saturated heterocycles. The second kappa shape index (κ2) is 5.48. The van der Waals surface area contributed by atoms with E-state index in [4.69, 9.17) is 4.98 Å². The second-order valence-electron chi connectivity index (χ2n) is 5.35. The molecule has 6 heteroatoms. The molecule has 0 radical (unpaired) electrons. The van der Waals surface area contributed by atoms with Gasteiger partial charge >= 0.3 is 0 Å². The zero-order chi connectivity index (χ0) is 15.8. The average Bonchev–Trinajstić information content (AvgIpc) is 3.11. The third-order valence-corrected chi connectivity index (χ3v) is 4.72. The highest BCUT2D eigenvalue weighted by atomic mass is 32.1. The number of nitrogens with zero attached hydrogens (tertiary/aromatic N) is 4. The number of fused-ring (bicyclic) bond motifs is 1. The van der Waals surface area contributed by atoms with Crippen LogP contribution in [0.25, 0.3) is 21.3 Å². The quantitative estimate of drug-likeness (QED) is 0.616. The first kappa shape index (κ1) is 13.9. The number of nitrogens with one attached hydrogen (secondary N) is 1. The van der Waals surface area contributed by atoms with Crippen LogP contribution in [-0.4, -0.2) is 19.7 Å². The predicted octanol–water partition coefficient (Wildman–Crippen LogP) is 4.14. The van der Waals surface area contributed by atoms with E-state index in [1.54, 1.807) is 23.7 Å². The van der Waals surface area contributed by atoms with E-state index in [-0.39, 0.29) is 0 Å². The molecule has 0 bridgehead atoms. The molecule has 0 atom stereocenters. The fraction of sp³-hybridized carbons (Fsp3) is 0.118. The van der Waals surface area contributed by atoms with Crippen molar-refractivity contribution in [1.29, 1.82) is 0 Å². The van der Waals surface area contributed by atoms with Crippen LogP contribution in [0.4, 0.5) is 11.6 Å². The maximum absolute atomic E-state index is 4.78. The SMILES string of the molecule is Cc1cc(Nc2ccc3scc(-c4ccncc4)c3n2)nn1C. The number of thiophene rings is 1. The maximum atomic E-state index is 4.78. The van der Waals surface area contributed by atoms with Gasteiger partial charge in [-0.3, -0.25) is 9.67 Å². The third-order valence-electron chi connectivity index (χ3n) is 3.78. The molecule has 4 heterocycles. The fourth-order valence-corrected chi connectivity index (χ4v) is 3.38. The molecule has 1 N–H and O–H groups in total. The van der Waals surface area contributed by atoms with Gasteiger partial charge in [0.25, 0.3) is 0 Å². The van der Waals surface area contributed by atoms with Crippen LogP contribution in [0, 0.1) is 6.92 Å². The number of anilines is 2. The molecule has 0 saturated carbocycles. The van der Waals surface area contributed by atoms with Gasteiger partial charge in [0.2, 0.25) is 0 Å². The van der Waals surface area contributed by atoms with E-state index in [0.717, 1.165) is 34.0 Å². The van der Waals surface area contributed by atoms with Gasteiger partial charge in [0, 0.05) is 42.1 Å². The van der Waals surface area contributed by atoms with E-state index in [1.807, 2.05) is 42.9 Å². The van der Waals surface area contributed by atoms with Gasteiger partial charge in [-0.2, -0.15) is 5.10 Å². The summed E-state index contributed by atoms with van der Waals surface area (Å²) in [5, 5.41) is 9.83. The van der Waals surface area contributed by atoms with Gasteiger partial charge in [0.15, 0.2) is 5.82 Å². The summed E-state index contributed by atoms with van der Waals surface area (Å²) in [7, 11) is 1.93. The summed E-state index contributed by atoms with van der Waals surface area (Å²) in [5.74, 6) is 1.60. The summed E-state index contributed by atoms with van der Waals surface area (Å²) < 4.78 is 3.01. The molecule has 0 spiro atoms. The van der Waals surface area contributed by atoms with Crippen molar-refractivity contribution in [2.75, 3.05) is 5.32 Å². The molecule has 4 aromatic heterocycles. The predicted molar refractivity (Wildman–Crippen MR) is 94.1 cm³/mol. The molecule has 0 aliphatic carbocycles. The summed E-state index contributed by atoms with van der Waals surface area (Å²) in [6.45, 7) is 2.02. The molecular formula is C17H15N5S. The molecule has 0 amide bonds. The van der Waals surface area contributed by atoms with Gasteiger partial charge in [-0.05, 0) is 36.8 Å². The standard InChI is InChI=1S/C17H15N5S/c1-11-9-16(21-22(11)2)19-15-4-3-14-17(20-15)13(10-23-14)12-5-7-18-8-6-12/h3-10H,1-2H3,(H,19,20,21). The van der Waals surface area contributed by atoms with E-state index in [0.29, 0.717) is 0 Å². The molecule has 23 heavy (non-hydrogen) atoms. The molecule has 0 aromatic carbocycles. The van der Waals surface area contributed by atoms with Crippen molar-refractivity contribution in [3.8, 4) is 11.1 Å². The van der Waals surface area contributed by atoms with E-state index in [1.165, 1.54) is 4.70 Å². The van der Waals surface area contributed by atoms with Crippen molar-refractivity contribution >= 4 is 33.2 Å². The Labute approximate surface area is 137 Å². The van der Waals surface area contributed by atoms with E-state index in [2.05, 4.69) is 26.8 Å². The number of aromatic nitrogens is 4. The Morgan fingerprint density at radius 3 is 2.65 bits per heavy atom. The molecule has 4 aromatic rings. The lowest BCUT2D eigenvalue weighted by Gasteiger charge is -2.03. The molecule has 114 valence electrons. The van der Waals surface area contributed by atoms with Crippen LogP contribution < -0.4 is 5.32 Å². The monoisotopic (exact) mass is 321 g/mol. The summed E-state index contributed by atoms with van der Waals surface area (Å²) in [6.07, 6.45) is 3.61. The highest BCUT2D eigenvalue weighted by Gasteiger charge is 2.10. The number of rotatable bonds is 3. The first-order valence-corrected chi connectivity index (χ1v) is 8.15. The van der Waals surface area contributed by atoms with Crippen LogP contribution >= 0.6 is 11.3 Å². The number of hydrogen-bond acceptors (Lipinski definition) is 5. The van der Waals surface area contributed by atoms with Crippen LogP contribution in [0.15, 0.2) is 48.1 Å². The zero-order valence-corrected chi connectivity index (χ0v) is 13.6. The number of aryl methyl sites for hydroxylation is 2. The van der Waals surface area contributed by atoms with Crippen molar-refractivity contribution in [2.45, 2.75) is 6.92 Å². The molecule has 0 fully saturated rings. The largest absolute Gasteiger partial charge is 0.323 e. The first-order chi connectivity index (χ1) is 11.2. The van der Waals surface area contributed by atoms with Gasteiger partial charge in [-0.1, -0.05) is 0 Å². The molecular weight excluding hydrogens is 306 g/mol. The Balaban J connectivity index is 1.75. The topological polar surface area (TPSA) is 55.6 Å². The minimum Gasteiger partial charge on any atom is -0.323 e. The van der Waals surface area contributed by atoms with Crippen molar-refractivity contribution in [2.24, 2.45) is 7.05 Å². The lowest BCUT2D eigenvalue weighted by Crippen LogP contribution is -1.96. The van der Waals surface area contributed by atoms with Gasteiger partial charge in [0.05, 0.1) is 10.2 Å². The summed E-state index contributed by atoms with van der Waals surface area (Å²) in [5.41, 5.74) is 4.36. The fourth-order valence-electron chi connectivity index (χ4n) is 2.47. The third kappa shape index (κ3) is 2.57. The summed E-state index contributed by atoms with van der Waals surface area (Å²) >= 11 is 1.70. The molecule has 5 nitrogen and oxygen atoms in total. The van der Waals surface area contributed by atoms with Gasteiger partial charge in [-0.25, -0.2) is 4.98 Å². The molecule has 0 aliphatic heterocycles. The number of pyridine rings is 2. The Morgan fingerprint density at radius 2 is 1.91 bits per heavy atom. The van der Waals surface area contributed by atoms with Gasteiger partial charge in [0.1, 0.15) is 5.82 Å². The highest BCUT2D eigenvalue weighted by Crippen LogP contribution is 2.33. The highest BCUT2D eigenvalue weighted by molar-refractivity contribution is 7.17. The van der Waals surface area contributed by atoms with Gasteiger partial charge < -0.3 is 5.32 Å². The zero-order valence-electron chi connectivity index (χ0n) is 12.8. The normalized spacial score (nSPS) is 11.0. The van der Waals surface area contributed by atoms with Crippen molar-refractivity contribution in [3.63, 3.8) is 0 Å². The Kier molecular flexibility index (Phi) is 3.31. The molecule has 4 rings (SSSR count). The maximum Gasteiger partial charge on any atom is 0.153 e. The van der Waals surface area contributed by atoms with E-state index >= 15 is 0 Å². The smallest absolute Gasteiger partial charge is 0.153 e. The summed E-state index contributed by atoms with van der Waals surface area (Å²) in [6, 6.07) is 10.1. The van der Waals surface area contributed by atoms with Crippen LogP contribution in [0.3, 0.4) is 0 Å². The van der Waals surface area contributed by atoms with Crippen LogP contribution in [0.2, 0.25) is 0 Å². The Bertz CT molecular complexity index is 952. The van der Waals surface area contributed by atoms with Crippen molar-refractivity contribution in [3.05, 3.63) is 53.8 Å².